The molecule has 5 heteroatoms. The highest BCUT2D eigenvalue weighted by atomic mass is 16.3. The molecule has 2 heterocycles. The van der Waals surface area contributed by atoms with E-state index in [1.807, 2.05) is 12.3 Å². The standard InChI is InChI=1S/C14H26N4O/c1-2-7-17-9-4-13(5-10-17)15-11-14(19)12-18-8-3-6-16-18/h3,6,8,13-15,19H,2,4-5,7,9-12H2,1H3. The van der Waals surface area contributed by atoms with Gasteiger partial charge in [0.1, 0.15) is 0 Å². The Bertz CT molecular complexity index is 333. The smallest absolute Gasteiger partial charge is 0.0860 e. The molecule has 1 atom stereocenters. The first-order valence-electron chi connectivity index (χ1n) is 7.39. The SMILES string of the molecule is CCCN1CCC(NCC(O)Cn2cccn2)CC1. The van der Waals surface area contributed by atoms with Crippen molar-refractivity contribution in [1.82, 2.24) is 20.0 Å². The molecule has 2 N–H and O–H groups in total. The third kappa shape index (κ3) is 4.93. The van der Waals surface area contributed by atoms with Gasteiger partial charge in [0.25, 0.3) is 0 Å². The van der Waals surface area contributed by atoms with Gasteiger partial charge in [-0.15, -0.1) is 0 Å². The normalized spacial score (nSPS) is 19.7. The van der Waals surface area contributed by atoms with Gasteiger partial charge in [-0.3, -0.25) is 4.68 Å². The lowest BCUT2D eigenvalue weighted by Crippen LogP contribution is -2.45. The molecule has 0 radical (unpaired) electrons. The van der Waals surface area contributed by atoms with Gasteiger partial charge in [0.15, 0.2) is 0 Å². The molecule has 0 bridgehead atoms. The van der Waals surface area contributed by atoms with Crippen molar-refractivity contribution in [3.63, 3.8) is 0 Å². The average molecular weight is 266 g/mol. The third-order valence-electron chi connectivity index (χ3n) is 3.73. The summed E-state index contributed by atoms with van der Waals surface area (Å²) in [6.45, 7) is 7.03. The van der Waals surface area contributed by atoms with Crippen LogP contribution in [0.25, 0.3) is 0 Å². The monoisotopic (exact) mass is 266 g/mol. The van der Waals surface area contributed by atoms with Crippen molar-refractivity contribution in [2.75, 3.05) is 26.2 Å². The molecular weight excluding hydrogens is 240 g/mol. The second-order valence-electron chi connectivity index (χ2n) is 5.41. The van der Waals surface area contributed by atoms with Crippen LogP contribution in [0.2, 0.25) is 0 Å². The predicted molar refractivity (Wildman–Crippen MR) is 76.0 cm³/mol. The Morgan fingerprint density at radius 1 is 1.42 bits per heavy atom. The van der Waals surface area contributed by atoms with E-state index in [9.17, 15) is 5.11 Å². The van der Waals surface area contributed by atoms with Gasteiger partial charge in [-0.1, -0.05) is 6.92 Å². The summed E-state index contributed by atoms with van der Waals surface area (Å²) in [5.74, 6) is 0. The number of aromatic nitrogens is 2. The van der Waals surface area contributed by atoms with Gasteiger partial charge in [0.05, 0.1) is 12.6 Å². The highest BCUT2D eigenvalue weighted by molar-refractivity contribution is 4.80. The summed E-state index contributed by atoms with van der Waals surface area (Å²) in [5, 5.41) is 17.5. The lowest BCUT2D eigenvalue weighted by Gasteiger charge is -2.32. The summed E-state index contributed by atoms with van der Waals surface area (Å²) in [4.78, 5) is 2.53. The van der Waals surface area contributed by atoms with Gasteiger partial charge in [0.2, 0.25) is 0 Å². The van der Waals surface area contributed by atoms with Gasteiger partial charge in [-0.05, 0) is 45.0 Å². The number of rotatable bonds is 7. The molecule has 1 aromatic rings. The molecular formula is C14H26N4O. The number of aliphatic hydroxyl groups excluding tert-OH is 1. The van der Waals surface area contributed by atoms with Gasteiger partial charge in [-0.2, -0.15) is 5.10 Å². The Hall–Kier alpha value is -0.910. The Labute approximate surface area is 115 Å². The number of aliphatic hydroxyl groups is 1. The van der Waals surface area contributed by atoms with Crippen LogP contribution < -0.4 is 5.32 Å². The molecule has 2 rings (SSSR count). The van der Waals surface area contributed by atoms with E-state index in [1.54, 1.807) is 10.9 Å². The largest absolute Gasteiger partial charge is 0.390 e. The molecule has 0 spiro atoms. The maximum absolute atomic E-state index is 9.95. The minimum Gasteiger partial charge on any atom is -0.390 e. The third-order valence-corrected chi connectivity index (χ3v) is 3.73. The van der Waals surface area contributed by atoms with Gasteiger partial charge >= 0.3 is 0 Å². The molecule has 0 aliphatic carbocycles. The lowest BCUT2D eigenvalue weighted by atomic mass is 10.0. The molecule has 1 aliphatic heterocycles. The second-order valence-corrected chi connectivity index (χ2v) is 5.41. The summed E-state index contributed by atoms with van der Waals surface area (Å²) in [6.07, 6.45) is 6.87. The first-order chi connectivity index (χ1) is 9.28. The Morgan fingerprint density at radius 2 is 2.21 bits per heavy atom. The second kappa shape index (κ2) is 7.62. The van der Waals surface area contributed by atoms with Crippen molar-refractivity contribution in [2.24, 2.45) is 0 Å². The number of nitrogens with zero attached hydrogens (tertiary/aromatic N) is 3. The van der Waals surface area contributed by atoms with E-state index in [4.69, 9.17) is 0 Å². The van der Waals surface area contributed by atoms with E-state index >= 15 is 0 Å². The van der Waals surface area contributed by atoms with E-state index in [0.717, 1.165) is 0 Å². The molecule has 108 valence electrons. The van der Waals surface area contributed by atoms with Crippen LogP contribution >= 0.6 is 0 Å². The van der Waals surface area contributed by atoms with Crippen molar-refractivity contribution in [2.45, 2.75) is 44.9 Å². The number of hydrogen-bond acceptors (Lipinski definition) is 4. The van der Waals surface area contributed by atoms with E-state index in [-0.39, 0.29) is 6.10 Å². The average Bonchev–Trinajstić information content (AvgIpc) is 2.91. The van der Waals surface area contributed by atoms with Crippen molar-refractivity contribution < 1.29 is 5.11 Å². The Kier molecular flexibility index (Phi) is 5.82. The number of likely N-dealkylation sites (tertiary alicyclic amines) is 1. The molecule has 1 aliphatic rings. The summed E-state index contributed by atoms with van der Waals surface area (Å²) >= 11 is 0. The molecule has 0 saturated carbocycles. The van der Waals surface area contributed by atoms with Crippen molar-refractivity contribution in [3.8, 4) is 0 Å². The summed E-state index contributed by atoms with van der Waals surface area (Å²) in [5.41, 5.74) is 0. The minimum absolute atomic E-state index is 0.367. The zero-order valence-electron chi connectivity index (χ0n) is 11.8. The zero-order valence-corrected chi connectivity index (χ0v) is 11.8. The fourth-order valence-corrected chi connectivity index (χ4v) is 2.67. The van der Waals surface area contributed by atoms with Gasteiger partial charge in [-0.25, -0.2) is 0 Å². The van der Waals surface area contributed by atoms with E-state index in [2.05, 4.69) is 22.2 Å². The zero-order chi connectivity index (χ0) is 13.5. The van der Waals surface area contributed by atoms with Crippen LogP contribution in [0.4, 0.5) is 0 Å². The molecule has 1 fully saturated rings. The van der Waals surface area contributed by atoms with E-state index < -0.39 is 0 Å². The summed E-state index contributed by atoms with van der Waals surface area (Å²) in [7, 11) is 0. The number of piperidine rings is 1. The van der Waals surface area contributed by atoms with E-state index in [1.165, 1.54) is 38.9 Å². The lowest BCUT2D eigenvalue weighted by molar-refractivity contribution is 0.132. The van der Waals surface area contributed by atoms with Crippen molar-refractivity contribution in [1.29, 1.82) is 0 Å². The maximum Gasteiger partial charge on any atom is 0.0860 e. The summed E-state index contributed by atoms with van der Waals surface area (Å²) < 4.78 is 1.77. The van der Waals surface area contributed by atoms with Crippen LogP contribution in [0.3, 0.4) is 0 Å². The van der Waals surface area contributed by atoms with E-state index in [0.29, 0.717) is 19.1 Å². The van der Waals surface area contributed by atoms with Crippen molar-refractivity contribution >= 4 is 0 Å². The fourth-order valence-electron chi connectivity index (χ4n) is 2.67. The van der Waals surface area contributed by atoms with Gasteiger partial charge in [0, 0.05) is 25.0 Å². The van der Waals surface area contributed by atoms with Crippen molar-refractivity contribution in [3.05, 3.63) is 18.5 Å². The first-order valence-corrected chi connectivity index (χ1v) is 7.39. The molecule has 19 heavy (non-hydrogen) atoms. The number of hydrogen-bond donors (Lipinski definition) is 2. The Balaban J connectivity index is 1.61. The van der Waals surface area contributed by atoms with Crippen LogP contribution in [0.15, 0.2) is 18.5 Å². The van der Waals surface area contributed by atoms with Crippen LogP contribution in [-0.2, 0) is 6.54 Å². The first kappa shape index (κ1) is 14.5. The van der Waals surface area contributed by atoms with Crippen LogP contribution in [0.1, 0.15) is 26.2 Å². The highest BCUT2D eigenvalue weighted by Gasteiger charge is 2.18. The van der Waals surface area contributed by atoms with Gasteiger partial charge < -0.3 is 15.3 Å². The molecule has 1 unspecified atom stereocenters. The molecule has 1 aromatic heterocycles. The maximum atomic E-state index is 9.95. The predicted octanol–water partition coefficient (Wildman–Crippen LogP) is 0.708. The summed E-state index contributed by atoms with van der Waals surface area (Å²) in [6, 6.07) is 2.43. The minimum atomic E-state index is -0.367. The fraction of sp³-hybridized carbons (Fsp3) is 0.786. The molecule has 5 nitrogen and oxygen atoms in total. The number of nitrogens with one attached hydrogen (secondary N) is 1. The Morgan fingerprint density at radius 3 is 2.84 bits per heavy atom. The quantitative estimate of drug-likeness (QED) is 0.763. The van der Waals surface area contributed by atoms with Crippen LogP contribution in [-0.4, -0.2) is 58.1 Å². The molecule has 1 saturated heterocycles. The van der Waals surface area contributed by atoms with Crippen LogP contribution in [0, 0.1) is 0 Å². The topological polar surface area (TPSA) is 53.3 Å². The highest BCUT2D eigenvalue weighted by Crippen LogP contribution is 2.10. The molecule has 0 amide bonds. The molecule has 0 aromatic carbocycles. The van der Waals surface area contributed by atoms with Crippen LogP contribution in [0.5, 0.6) is 0 Å².